The van der Waals surface area contributed by atoms with Crippen LogP contribution in [0.1, 0.15) is 62.6 Å². The van der Waals surface area contributed by atoms with Crippen LogP contribution in [-0.2, 0) is 5.41 Å². The van der Waals surface area contributed by atoms with E-state index < -0.39 is 0 Å². The van der Waals surface area contributed by atoms with Crippen molar-refractivity contribution in [1.29, 1.82) is 0 Å². The maximum Gasteiger partial charge on any atom is 0.0461 e. The Morgan fingerprint density at radius 1 is 0.500 bits per heavy atom. The Bertz CT molecular complexity index is 1080. The summed E-state index contributed by atoms with van der Waals surface area (Å²) in [6.45, 7) is 6.17. The first-order valence-electron chi connectivity index (χ1n) is 12.8. The van der Waals surface area contributed by atoms with Crippen LogP contribution in [0.25, 0.3) is 0 Å². The minimum absolute atomic E-state index is 0.134. The van der Waals surface area contributed by atoms with Gasteiger partial charge in [-0.1, -0.05) is 111 Å². The molecule has 0 aliphatic heterocycles. The van der Waals surface area contributed by atoms with E-state index in [-0.39, 0.29) is 5.41 Å². The molecule has 1 fully saturated rings. The van der Waals surface area contributed by atoms with Crippen molar-refractivity contribution in [3.63, 3.8) is 0 Å². The van der Waals surface area contributed by atoms with E-state index in [1.54, 1.807) is 0 Å². The zero-order valence-corrected chi connectivity index (χ0v) is 20.9. The molecule has 1 aliphatic carbocycles. The van der Waals surface area contributed by atoms with Gasteiger partial charge in [0.2, 0.25) is 0 Å². The molecule has 174 valence electrons. The lowest BCUT2D eigenvalue weighted by Crippen LogP contribution is -2.30. The summed E-state index contributed by atoms with van der Waals surface area (Å²) in [5.74, 6) is 0. The Balaban J connectivity index is 0.00000133. The fourth-order valence-corrected chi connectivity index (χ4v) is 5.30. The molecule has 0 unspecified atom stereocenters. The first-order chi connectivity index (χ1) is 16.8. The van der Waals surface area contributed by atoms with Crippen molar-refractivity contribution in [3.8, 4) is 0 Å². The summed E-state index contributed by atoms with van der Waals surface area (Å²) >= 11 is 0. The van der Waals surface area contributed by atoms with Crippen LogP contribution in [0.2, 0.25) is 0 Å². The molecule has 0 aromatic heterocycles. The molecule has 0 amide bonds. The summed E-state index contributed by atoms with van der Waals surface area (Å²) in [7, 11) is 0. The van der Waals surface area contributed by atoms with Gasteiger partial charge >= 0.3 is 0 Å². The number of anilines is 3. The molecule has 1 heteroatoms. The average Bonchev–Trinajstić information content (AvgIpc) is 2.92. The fourth-order valence-electron chi connectivity index (χ4n) is 5.30. The van der Waals surface area contributed by atoms with Gasteiger partial charge in [-0.3, -0.25) is 0 Å². The molecular formula is C33H37N. The van der Waals surface area contributed by atoms with Crippen LogP contribution in [0.15, 0.2) is 109 Å². The van der Waals surface area contributed by atoms with Crippen LogP contribution in [0.3, 0.4) is 0 Å². The molecule has 1 saturated carbocycles. The highest BCUT2D eigenvalue weighted by molar-refractivity contribution is 5.76. The van der Waals surface area contributed by atoms with E-state index in [9.17, 15) is 0 Å². The second kappa shape index (κ2) is 11.2. The smallest absolute Gasteiger partial charge is 0.0461 e. The van der Waals surface area contributed by atoms with Gasteiger partial charge in [-0.25, -0.2) is 0 Å². The highest BCUT2D eigenvalue weighted by Crippen LogP contribution is 2.46. The van der Waals surface area contributed by atoms with Gasteiger partial charge in [0.15, 0.2) is 0 Å². The zero-order chi connectivity index (χ0) is 23.8. The fraction of sp³-hybridized carbons (Fsp3) is 0.273. The first-order valence-corrected chi connectivity index (χ1v) is 12.8. The predicted molar refractivity (Wildman–Crippen MR) is 148 cm³/mol. The number of aryl methyl sites for hydroxylation is 1. The standard InChI is InChI=1S/C31H31N.C2H6/c1-25-15-17-26(18-16-25)31(23-9-4-10-24-31)27-19-21-30(22-20-27)32(28-11-5-2-6-12-28)29-13-7-3-8-14-29;1-2/h2-3,5-8,11-22H,4,9-10,23-24H2,1H3;1-2H3. The average molecular weight is 448 g/mol. The lowest BCUT2D eigenvalue weighted by atomic mass is 9.65. The number of nitrogens with zero attached hydrogens (tertiary/aromatic N) is 1. The minimum atomic E-state index is 0.134. The molecule has 4 aromatic rings. The Hall–Kier alpha value is -3.32. The summed E-state index contributed by atoms with van der Waals surface area (Å²) < 4.78 is 0. The van der Waals surface area contributed by atoms with Crippen LogP contribution >= 0.6 is 0 Å². The summed E-state index contributed by atoms with van der Waals surface area (Å²) in [5, 5.41) is 0. The van der Waals surface area contributed by atoms with Crippen LogP contribution in [0.5, 0.6) is 0 Å². The van der Waals surface area contributed by atoms with E-state index in [4.69, 9.17) is 0 Å². The summed E-state index contributed by atoms with van der Waals surface area (Å²) in [6.07, 6.45) is 6.42. The molecule has 5 rings (SSSR count). The third kappa shape index (κ3) is 4.94. The van der Waals surface area contributed by atoms with Gasteiger partial charge in [0.25, 0.3) is 0 Å². The Morgan fingerprint density at radius 3 is 1.38 bits per heavy atom. The third-order valence-electron chi connectivity index (χ3n) is 7.02. The number of hydrogen-bond donors (Lipinski definition) is 0. The second-order valence-electron chi connectivity index (χ2n) is 9.06. The van der Waals surface area contributed by atoms with E-state index in [1.807, 2.05) is 13.8 Å². The SMILES string of the molecule is CC.Cc1ccc(C2(c3ccc(N(c4ccccc4)c4ccccc4)cc3)CCCCC2)cc1. The van der Waals surface area contributed by atoms with Crippen molar-refractivity contribution >= 4 is 17.1 Å². The molecule has 0 heterocycles. The van der Waals surface area contributed by atoms with Gasteiger partial charge in [-0.2, -0.15) is 0 Å². The second-order valence-corrected chi connectivity index (χ2v) is 9.06. The molecule has 1 aliphatic rings. The van der Waals surface area contributed by atoms with E-state index >= 15 is 0 Å². The van der Waals surface area contributed by atoms with Crippen molar-refractivity contribution in [1.82, 2.24) is 0 Å². The van der Waals surface area contributed by atoms with Crippen molar-refractivity contribution in [3.05, 3.63) is 126 Å². The summed E-state index contributed by atoms with van der Waals surface area (Å²) in [4.78, 5) is 2.34. The largest absolute Gasteiger partial charge is 0.311 e. The topological polar surface area (TPSA) is 3.24 Å². The zero-order valence-electron chi connectivity index (χ0n) is 20.9. The summed E-state index contributed by atoms with van der Waals surface area (Å²) in [6, 6.07) is 39.9. The minimum Gasteiger partial charge on any atom is -0.311 e. The molecule has 0 bridgehead atoms. The van der Waals surface area contributed by atoms with E-state index in [0.717, 1.165) is 0 Å². The number of hydrogen-bond acceptors (Lipinski definition) is 1. The van der Waals surface area contributed by atoms with Crippen LogP contribution in [0, 0.1) is 6.92 Å². The van der Waals surface area contributed by atoms with Crippen LogP contribution in [0.4, 0.5) is 17.1 Å². The molecule has 0 N–H and O–H groups in total. The Kier molecular flexibility index (Phi) is 7.85. The normalized spacial score (nSPS) is 14.6. The third-order valence-corrected chi connectivity index (χ3v) is 7.02. The van der Waals surface area contributed by atoms with Gasteiger partial charge < -0.3 is 4.90 Å². The molecule has 0 radical (unpaired) electrons. The molecule has 0 spiro atoms. The summed E-state index contributed by atoms with van der Waals surface area (Å²) in [5.41, 5.74) is 7.94. The molecule has 34 heavy (non-hydrogen) atoms. The first kappa shape index (κ1) is 23.8. The van der Waals surface area contributed by atoms with Gasteiger partial charge in [0.05, 0.1) is 0 Å². The van der Waals surface area contributed by atoms with E-state index in [2.05, 4.69) is 121 Å². The van der Waals surface area contributed by atoms with Crippen molar-refractivity contribution in [2.45, 2.75) is 58.3 Å². The molecule has 4 aromatic carbocycles. The number of benzene rings is 4. The Labute approximate surface area is 206 Å². The van der Waals surface area contributed by atoms with E-state index in [1.165, 1.54) is 65.9 Å². The maximum atomic E-state index is 2.37. The Morgan fingerprint density at radius 2 is 0.912 bits per heavy atom. The van der Waals surface area contributed by atoms with Crippen LogP contribution < -0.4 is 4.90 Å². The quantitative estimate of drug-likeness (QED) is 0.294. The molecule has 0 saturated heterocycles. The molecular weight excluding hydrogens is 410 g/mol. The lowest BCUT2D eigenvalue weighted by molar-refractivity contribution is 0.346. The van der Waals surface area contributed by atoms with Crippen molar-refractivity contribution in [2.24, 2.45) is 0 Å². The predicted octanol–water partition coefficient (Wildman–Crippen LogP) is 9.74. The highest BCUT2D eigenvalue weighted by atomic mass is 15.1. The molecule has 0 atom stereocenters. The highest BCUT2D eigenvalue weighted by Gasteiger charge is 2.35. The monoisotopic (exact) mass is 447 g/mol. The number of rotatable bonds is 5. The van der Waals surface area contributed by atoms with Gasteiger partial charge in [0, 0.05) is 22.5 Å². The maximum absolute atomic E-state index is 2.37. The lowest BCUT2D eigenvalue weighted by Gasteiger charge is -2.39. The molecule has 1 nitrogen and oxygen atoms in total. The van der Waals surface area contributed by atoms with Crippen molar-refractivity contribution < 1.29 is 0 Å². The van der Waals surface area contributed by atoms with Crippen molar-refractivity contribution in [2.75, 3.05) is 4.90 Å². The van der Waals surface area contributed by atoms with Gasteiger partial charge in [-0.15, -0.1) is 0 Å². The van der Waals surface area contributed by atoms with Gasteiger partial charge in [0.1, 0.15) is 0 Å². The van der Waals surface area contributed by atoms with E-state index in [0.29, 0.717) is 0 Å². The van der Waals surface area contributed by atoms with Crippen LogP contribution in [-0.4, -0.2) is 0 Å². The van der Waals surface area contributed by atoms with Gasteiger partial charge in [-0.05, 0) is 67.3 Å². The number of para-hydroxylation sites is 2.